The SMILES string of the molecule is CCC(=O)c1csc(=S)s1. The fourth-order valence-corrected chi connectivity index (χ4v) is 2.67. The summed E-state index contributed by atoms with van der Waals surface area (Å²) >= 11 is 7.75. The van der Waals surface area contributed by atoms with Crippen LogP contribution in [-0.4, -0.2) is 5.78 Å². The molecule has 10 heavy (non-hydrogen) atoms. The van der Waals surface area contributed by atoms with Crippen molar-refractivity contribution in [3.63, 3.8) is 0 Å². The van der Waals surface area contributed by atoms with Crippen LogP contribution in [0.5, 0.6) is 0 Å². The molecule has 4 heteroatoms. The Morgan fingerprint density at radius 2 is 2.50 bits per heavy atom. The Labute approximate surface area is 72.3 Å². The Morgan fingerprint density at radius 3 is 2.90 bits per heavy atom. The molecular weight excluding hydrogens is 184 g/mol. The number of ketones is 1. The smallest absolute Gasteiger partial charge is 0.173 e. The van der Waals surface area contributed by atoms with Gasteiger partial charge in [-0.25, -0.2) is 0 Å². The fourth-order valence-electron chi connectivity index (χ4n) is 0.536. The van der Waals surface area contributed by atoms with Crippen molar-refractivity contribution in [2.75, 3.05) is 0 Å². The molecule has 0 amide bonds. The van der Waals surface area contributed by atoms with Gasteiger partial charge < -0.3 is 0 Å². The topological polar surface area (TPSA) is 17.1 Å². The van der Waals surface area contributed by atoms with Gasteiger partial charge in [0.05, 0.1) is 4.88 Å². The van der Waals surface area contributed by atoms with Gasteiger partial charge >= 0.3 is 0 Å². The molecule has 0 radical (unpaired) electrons. The molecule has 0 saturated carbocycles. The van der Waals surface area contributed by atoms with Crippen LogP contribution < -0.4 is 0 Å². The lowest BCUT2D eigenvalue weighted by Gasteiger charge is -1.85. The maximum Gasteiger partial charge on any atom is 0.173 e. The Balaban J connectivity index is 2.95. The first-order chi connectivity index (χ1) is 4.74. The molecule has 0 saturated heterocycles. The van der Waals surface area contributed by atoms with Gasteiger partial charge in [0.25, 0.3) is 0 Å². The Bertz CT molecular complexity index is 283. The van der Waals surface area contributed by atoms with E-state index in [0.29, 0.717) is 6.42 Å². The Hall–Kier alpha value is -0.0600. The van der Waals surface area contributed by atoms with Gasteiger partial charge in [-0.3, -0.25) is 4.79 Å². The lowest BCUT2D eigenvalue weighted by molar-refractivity contribution is 0.0992. The van der Waals surface area contributed by atoms with Crippen LogP contribution in [0.2, 0.25) is 0 Å². The maximum atomic E-state index is 11.0. The van der Waals surface area contributed by atoms with E-state index in [4.69, 9.17) is 12.2 Å². The van der Waals surface area contributed by atoms with Crippen molar-refractivity contribution < 1.29 is 4.79 Å². The summed E-state index contributed by atoms with van der Waals surface area (Å²) in [5, 5.41) is 1.83. The molecule has 0 aliphatic carbocycles. The highest BCUT2D eigenvalue weighted by Gasteiger charge is 2.03. The minimum absolute atomic E-state index is 0.192. The second kappa shape index (κ2) is 3.37. The predicted molar refractivity (Wildman–Crippen MR) is 47.7 cm³/mol. The van der Waals surface area contributed by atoms with Gasteiger partial charge in [0.1, 0.15) is 3.14 Å². The zero-order valence-electron chi connectivity index (χ0n) is 5.42. The average molecular weight is 190 g/mol. The molecule has 1 nitrogen and oxygen atoms in total. The normalized spacial score (nSPS) is 9.70. The largest absolute Gasteiger partial charge is 0.293 e. The van der Waals surface area contributed by atoms with E-state index in [2.05, 4.69) is 0 Å². The van der Waals surface area contributed by atoms with Crippen LogP contribution in [0.1, 0.15) is 23.0 Å². The van der Waals surface area contributed by atoms with Crippen molar-refractivity contribution in [3.05, 3.63) is 13.4 Å². The zero-order valence-corrected chi connectivity index (χ0v) is 7.87. The van der Waals surface area contributed by atoms with Gasteiger partial charge in [0.15, 0.2) is 5.78 Å². The quantitative estimate of drug-likeness (QED) is 0.526. The molecule has 1 aromatic rings. The van der Waals surface area contributed by atoms with Gasteiger partial charge in [0.2, 0.25) is 0 Å². The molecule has 0 aromatic carbocycles. The van der Waals surface area contributed by atoms with Crippen molar-refractivity contribution in [3.8, 4) is 0 Å². The third kappa shape index (κ3) is 1.71. The molecule has 0 spiro atoms. The average Bonchev–Trinajstić information content (AvgIpc) is 2.34. The summed E-state index contributed by atoms with van der Waals surface area (Å²) in [5.41, 5.74) is 0. The number of carbonyl (C=O) groups is 1. The summed E-state index contributed by atoms with van der Waals surface area (Å²) in [6.45, 7) is 1.86. The number of hydrogen-bond acceptors (Lipinski definition) is 4. The molecular formula is C6H6OS3. The van der Waals surface area contributed by atoms with Crippen molar-refractivity contribution in [1.29, 1.82) is 0 Å². The van der Waals surface area contributed by atoms with Crippen LogP contribution in [0, 0.1) is 3.14 Å². The van der Waals surface area contributed by atoms with Crippen molar-refractivity contribution in [1.82, 2.24) is 0 Å². The molecule has 0 N–H and O–H groups in total. The minimum atomic E-state index is 0.192. The monoisotopic (exact) mass is 190 g/mol. The van der Waals surface area contributed by atoms with E-state index in [-0.39, 0.29) is 5.78 Å². The van der Waals surface area contributed by atoms with Gasteiger partial charge in [-0.2, -0.15) is 0 Å². The number of hydrogen-bond donors (Lipinski definition) is 0. The molecule has 0 aliphatic heterocycles. The number of Topliss-reactive ketones (excluding diaryl/α,β-unsaturated/α-hetero) is 1. The van der Waals surface area contributed by atoms with Crippen molar-refractivity contribution >= 4 is 40.7 Å². The van der Waals surface area contributed by atoms with E-state index < -0.39 is 0 Å². The van der Waals surface area contributed by atoms with E-state index in [1.807, 2.05) is 12.3 Å². The van der Waals surface area contributed by atoms with Crippen LogP contribution >= 0.6 is 34.9 Å². The lowest BCUT2D eigenvalue weighted by atomic mass is 10.3. The molecule has 54 valence electrons. The lowest BCUT2D eigenvalue weighted by Crippen LogP contribution is -1.90. The minimum Gasteiger partial charge on any atom is -0.293 e. The molecule has 1 aromatic heterocycles. The third-order valence-corrected chi connectivity index (χ3v) is 3.56. The van der Waals surface area contributed by atoms with E-state index in [1.54, 1.807) is 0 Å². The molecule has 0 aliphatic rings. The molecule has 0 bridgehead atoms. The standard InChI is InChI=1S/C6H6OS3/c1-2-4(7)5-3-9-6(8)10-5/h3H,2H2,1H3. The number of carbonyl (C=O) groups excluding carboxylic acids is 1. The van der Waals surface area contributed by atoms with E-state index in [0.717, 1.165) is 8.01 Å². The number of rotatable bonds is 2. The van der Waals surface area contributed by atoms with Crippen LogP contribution in [0.3, 0.4) is 0 Å². The third-order valence-electron chi connectivity index (χ3n) is 1.05. The molecule has 0 unspecified atom stereocenters. The summed E-state index contributed by atoms with van der Waals surface area (Å²) in [4.78, 5) is 11.8. The maximum absolute atomic E-state index is 11.0. The van der Waals surface area contributed by atoms with Crippen LogP contribution in [0.25, 0.3) is 0 Å². The Kier molecular flexibility index (Phi) is 2.71. The Morgan fingerprint density at radius 1 is 1.80 bits per heavy atom. The zero-order chi connectivity index (χ0) is 7.56. The van der Waals surface area contributed by atoms with E-state index in [1.165, 1.54) is 22.7 Å². The van der Waals surface area contributed by atoms with Gasteiger partial charge in [-0.15, -0.1) is 22.7 Å². The summed E-state index contributed by atoms with van der Waals surface area (Å²) in [7, 11) is 0. The van der Waals surface area contributed by atoms with Crippen molar-refractivity contribution in [2.45, 2.75) is 13.3 Å². The van der Waals surface area contributed by atoms with Crippen molar-refractivity contribution in [2.24, 2.45) is 0 Å². The molecule has 0 fully saturated rings. The highest BCUT2D eigenvalue weighted by molar-refractivity contribution is 7.76. The second-order valence-corrected chi connectivity index (χ2v) is 4.84. The first-order valence-corrected chi connectivity index (χ1v) is 4.96. The summed E-state index contributed by atoms with van der Waals surface area (Å²) in [6, 6.07) is 0. The van der Waals surface area contributed by atoms with Crippen LogP contribution in [-0.2, 0) is 0 Å². The van der Waals surface area contributed by atoms with E-state index >= 15 is 0 Å². The van der Waals surface area contributed by atoms with Gasteiger partial charge in [0, 0.05) is 11.8 Å². The van der Waals surface area contributed by atoms with Gasteiger partial charge in [-0.05, 0) is 0 Å². The van der Waals surface area contributed by atoms with Crippen LogP contribution in [0.4, 0.5) is 0 Å². The first-order valence-electron chi connectivity index (χ1n) is 2.86. The molecule has 1 rings (SSSR count). The van der Waals surface area contributed by atoms with Crippen LogP contribution in [0.15, 0.2) is 5.38 Å². The molecule has 0 atom stereocenters. The highest BCUT2D eigenvalue weighted by Crippen LogP contribution is 2.18. The molecule has 1 heterocycles. The summed E-state index contributed by atoms with van der Waals surface area (Å²) in [5.74, 6) is 0.192. The predicted octanol–water partition coefficient (Wildman–Crippen LogP) is 3.13. The van der Waals surface area contributed by atoms with Gasteiger partial charge in [-0.1, -0.05) is 19.1 Å². The highest BCUT2D eigenvalue weighted by atomic mass is 32.2. The summed E-state index contributed by atoms with van der Waals surface area (Å²) < 4.78 is 0.830. The second-order valence-electron chi connectivity index (χ2n) is 1.73. The summed E-state index contributed by atoms with van der Waals surface area (Å²) in [6.07, 6.45) is 0.571. The first kappa shape index (κ1) is 8.04. The van der Waals surface area contributed by atoms with E-state index in [9.17, 15) is 4.79 Å². The fraction of sp³-hybridized carbons (Fsp3) is 0.333.